The van der Waals surface area contributed by atoms with Crippen LogP contribution in [0.15, 0.2) is 35.3 Å². The standard InChI is InChI=1S/C20H24N4O4.C2HF3O2/c1-21-19-22(2)11-13-14-15(17(26)23(3)16(14)25)20(24(13)19,18(27)28-4)10-12-8-6-5-7-9-12;3-2(4,5)1(6)7/h5-9,13-15H,10-11H2,1-4H3;(H,6,7)/t13-,14+,15-,20-;/m1./s1. The fourth-order valence-electron chi connectivity index (χ4n) is 5.25. The molecule has 3 saturated heterocycles. The van der Waals surface area contributed by atoms with Gasteiger partial charge in [0.05, 0.1) is 25.0 Å². The number of imide groups is 1. The zero-order chi connectivity index (χ0) is 26.3. The molecule has 1 aromatic rings. The average molecular weight is 498 g/mol. The Kier molecular flexibility index (Phi) is 6.82. The third-order valence-electron chi connectivity index (χ3n) is 6.58. The molecule has 0 aliphatic carbocycles. The Morgan fingerprint density at radius 3 is 2.23 bits per heavy atom. The molecule has 0 bridgehead atoms. The molecule has 2 amide bonds. The highest BCUT2D eigenvalue weighted by atomic mass is 19.4. The van der Waals surface area contributed by atoms with Crippen molar-refractivity contribution in [2.24, 2.45) is 16.8 Å². The largest absolute Gasteiger partial charge is 0.490 e. The van der Waals surface area contributed by atoms with E-state index in [1.54, 1.807) is 7.05 Å². The van der Waals surface area contributed by atoms with Crippen molar-refractivity contribution in [1.82, 2.24) is 14.7 Å². The van der Waals surface area contributed by atoms with E-state index in [1.807, 2.05) is 47.2 Å². The molecule has 4 rings (SSSR count). The van der Waals surface area contributed by atoms with Gasteiger partial charge in [0.1, 0.15) is 0 Å². The number of carboxylic acid groups (broad SMARTS) is 1. The van der Waals surface area contributed by atoms with Gasteiger partial charge in [-0.2, -0.15) is 13.2 Å². The Hall–Kier alpha value is -3.64. The van der Waals surface area contributed by atoms with Gasteiger partial charge in [0.15, 0.2) is 11.5 Å². The monoisotopic (exact) mass is 498 g/mol. The van der Waals surface area contributed by atoms with Crippen LogP contribution < -0.4 is 0 Å². The predicted molar refractivity (Wildman–Crippen MR) is 115 cm³/mol. The fourth-order valence-corrected chi connectivity index (χ4v) is 5.25. The topological polar surface area (TPSA) is 120 Å². The molecule has 3 fully saturated rings. The molecular formula is C22H25F3N4O6. The fraction of sp³-hybridized carbons (Fsp3) is 0.500. The van der Waals surface area contributed by atoms with Gasteiger partial charge in [-0.1, -0.05) is 30.3 Å². The number of alkyl halides is 3. The van der Waals surface area contributed by atoms with E-state index in [1.165, 1.54) is 14.2 Å². The Bertz CT molecular complexity index is 1060. The van der Waals surface area contributed by atoms with Gasteiger partial charge in [0.25, 0.3) is 0 Å². The van der Waals surface area contributed by atoms with Crippen LogP contribution in [-0.2, 0) is 30.3 Å². The van der Waals surface area contributed by atoms with Gasteiger partial charge in [-0.3, -0.25) is 19.5 Å². The number of benzene rings is 1. The van der Waals surface area contributed by atoms with E-state index in [0.717, 1.165) is 10.5 Å². The smallest absolute Gasteiger partial charge is 0.475 e. The first-order chi connectivity index (χ1) is 16.3. The predicted octanol–water partition coefficient (Wildman–Crippen LogP) is 0.621. The van der Waals surface area contributed by atoms with Crippen molar-refractivity contribution in [2.45, 2.75) is 24.2 Å². The summed E-state index contributed by atoms with van der Waals surface area (Å²) in [4.78, 5) is 57.7. The van der Waals surface area contributed by atoms with Crippen LogP contribution >= 0.6 is 0 Å². The molecule has 35 heavy (non-hydrogen) atoms. The highest BCUT2D eigenvalue weighted by Gasteiger charge is 2.74. The van der Waals surface area contributed by atoms with Crippen molar-refractivity contribution in [2.75, 3.05) is 34.8 Å². The van der Waals surface area contributed by atoms with Gasteiger partial charge >= 0.3 is 18.1 Å². The third-order valence-corrected chi connectivity index (χ3v) is 6.58. The Labute approximate surface area is 198 Å². The first-order valence-electron chi connectivity index (χ1n) is 10.5. The highest BCUT2D eigenvalue weighted by molar-refractivity contribution is 6.11. The summed E-state index contributed by atoms with van der Waals surface area (Å²) in [5.41, 5.74) is -0.421. The molecule has 0 saturated carbocycles. The molecular weight excluding hydrogens is 473 g/mol. The van der Waals surface area contributed by atoms with E-state index in [9.17, 15) is 27.6 Å². The van der Waals surface area contributed by atoms with Crippen LogP contribution in [0, 0.1) is 11.8 Å². The minimum absolute atomic E-state index is 0.241. The molecule has 3 aliphatic rings. The number of hydrogen-bond donors (Lipinski definition) is 1. The number of ether oxygens (including phenoxy) is 1. The number of fused-ring (bicyclic) bond motifs is 3. The van der Waals surface area contributed by atoms with Gasteiger partial charge in [0.2, 0.25) is 11.8 Å². The average Bonchev–Trinajstić information content (AvgIpc) is 3.36. The lowest BCUT2D eigenvalue weighted by molar-refractivity contribution is -0.192. The summed E-state index contributed by atoms with van der Waals surface area (Å²) in [6.07, 6.45) is -4.82. The van der Waals surface area contributed by atoms with Crippen LogP contribution in [0.25, 0.3) is 0 Å². The number of methoxy groups -OCH3 is 1. The zero-order valence-electron chi connectivity index (χ0n) is 19.4. The van der Waals surface area contributed by atoms with Crippen molar-refractivity contribution in [1.29, 1.82) is 0 Å². The first kappa shape index (κ1) is 26.0. The number of amides is 2. The summed E-state index contributed by atoms with van der Waals surface area (Å²) in [7, 11) is 6.35. The van der Waals surface area contributed by atoms with Gasteiger partial charge in [-0.25, -0.2) is 9.59 Å². The van der Waals surface area contributed by atoms with E-state index in [-0.39, 0.29) is 24.3 Å². The van der Waals surface area contributed by atoms with Crippen LogP contribution in [-0.4, -0.2) is 102 Å². The molecule has 0 spiro atoms. The van der Waals surface area contributed by atoms with Gasteiger partial charge in [-0.15, -0.1) is 0 Å². The number of hydrogen-bond acceptors (Lipinski definition) is 6. The summed E-state index contributed by atoms with van der Waals surface area (Å²) in [6, 6.07) is 9.21. The summed E-state index contributed by atoms with van der Waals surface area (Å²) in [6.45, 7) is 0.522. The number of nitrogens with zero attached hydrogens (tertiary/aromatic N) is 4. The minimum Gasteiger partial charge on any atom is -0.475 e. The second-order valence-electron chi connectivity index (χ2n) is 8.46. The van der Waals surface area contributed by atoms with E-state index >= 15 is 0 Å². The van der Waals surface area contributed by atoms with Crippen LogP contribution in [0.2, 0.25) is 0 Å². The van der Waals surface area contributed by atoms with Crippen LogP contribution in [0.5, 0.6) is 0 Å². The molecule has 1 aromatic carbocycles. The summed E-state index contributed by atoms with van der Waals surface area (Å²) in [5, 5.41) is 7.12. The molecule has 4 atom stereocenters. The van der Waals surface area contributed by atoms with Gasteiger partial charge in [0, 0.05) is 34.1 Å². The van der Waals surface area contributed by atoms with Gasteiger partial charge in [-0.05, 0) is 5.56 Å². The number of aliphatic carboxylic acids is 1. The number of likely N-dealkylation sites (N-methyl/N-ethyl adjacent to an activating group) is 1. The van der Waals surface area contributed by atoms with Crippen molar-refractivity contribution in [3.8, 4) is 0 Å². The number of carbonyl (C=O) groups is 4. The second kappa shape index (κ2) is 9.19. The number of carbonyl (C=O) groups excluding carboxylic acids is 3. The molecule has 190 valence electrons. The number of likely N-dealkylation sites (tertiary alicyclic amines) is 1. The minimum atomic E-state index is -5.08. The number of halogens is 3. The quantitative estimate of drug-likeness (QED) is 0.476. The lowest BCUT2D eigenvalue weighted by atomic mass is 9.76. The SMILES string of the molecule is CN=C1N(C)C[C@@H]2[C@@H]3C(=O)N(C)C(=O)[C@@H]3[C@](Cc3ccccc3)(C(=O)OC)N12.O=C(O)C(F)(F)F. The van der Waals surface area contributed by atoms with Crippen molar-refractivity contribution in [3.05, 3.63) is 35.9 Å². The first-order valence-corrected chi connectivity index (χ1v) is 10.5. The van der Waals surface area contributed by atoms with Crippen LogP contribution in [0.3, 0.4) is 0 Å². The number of rotatable bonds is 3. The molecule has 3 heterocycles. The highest BCUT2D eigenvalue weighted by Crippen LogP contribution is 2.52. The van der Waals surface area contributed by atoms with E-state index in [0.29, 0.717) is 12.5 Å². The molecule has 0 aromatic heterocycles. The van der Waals surface area contributed by atoms with Crippen molar-refractivity contribution >= 4 is 29.7 Å². The second-order valence-corrected chi connectivity index (χ2v) is 8.46. The Morgan fingerprint density at radius 2 is 1.74 bits per heavy atom. The number of aliphatic imine (C=N–C) groups is 1. The van der Waals surface area contributed by atoms with Gasteiger partial charge < -0.3 is 19.6 Å². The molecule has 1 N–H and O–H groups in total. The molecule has 3 aliphatic heterocycles. The van der Waals surface area contributed by atoms with Crippen LogP contribution in [0.4, 0.5) is 13.2 Å². The number of guanidine groups is 1. The maximum Gasteiger partial charge on any atom is 0.490 e. The van der Waals surface area contributed by atoms with E-state index in [2.05, 4.69) is 4.99 Å². The molecule has 0 radical (unpaired) electrons. The molecule has 13 heteroatoms. The van der Waals surface area contributed by atoms with E-state index in [4.69, 9.17) is 14.6 Å². The number of carboxylic acids is 1. The summed E-state index contributed by atoms with van der Waals surface area (Å²) < 4.78 is 37.0. The van der Waals surface area contributed by atoms with Crippen molar-refractivity contribution in [3.63, 3.8) is 0 Å². The summed E-state index contributed by atoms with van der Waals surface area (Å²) in [5.74, 6) is -4.63. The Balaban J connectivity index is 0.000000429. The molecule has 0 unspecified atom stereocenters. The lowest BCUT2D eigenvalue weighted by Gasteiger charge is -2.40. The number of esters is 1. The third kappa shape index (κ3) is 4.08. The van der Waals surface area contributed by atoms with Crippen molar-refractivity contribution < 1.29 is 42.2 Å². The maximum absolute atomic E-state index is 13.3. The molecule has 10 nitrogen and oxygen atoms in total. The van der Waals surface area contributed by atoms with Crippen LogP contribution in [0.1, 0.15) is 5.56 Å². The lowest BCUT2D eigenvalue weighted by Crippen LogP contribution is -2.61. The normalized spacial score (nSPS) is 28.6. The Morgan fingerprint density at radius 1 is 1.17 bits per heavy atom. The summed E-state index contributed by atoms with van der Waals surface area (Å²) >= 11 is 0. The maximum atomic E-state index is 13.3. The zero-order valence-corrected chi connectivity index (χ0v) is 19.4. The van der Waals surface area contributed by atoms with E-state index < -0.39 is 35.5 Å².